The van der Waals surface area contributed by atoms with E-state index >= 15 is 0 Å². The number of ether oxygens (including phenoxy) is 1. The van der Waals surface area contributed by atoms with Crippen molar-refractivity contribution in [1.82, 2.24) is 0 Å². The van der Waals surface area contributed by atoms with Gasteiger partial charge >= 0.3 is 0 Å². The number of benzene rings is 2. The third-order valence-electron chi connectivity index (χ3n) is 2.37. The second kappa shape index (κ2) is 6.84. The van der Waals surface area contributed by atoms with Crippen molar-refractivity contribution in [3.63, 3.8) is 0 Å². The number of rotatable bonds is 4. The zero-order valence-electron chi connectivity index (χ0n) is 10.2. The van der Waals surface area contributed by atoms with Crippen LogP contribution in [0.1, 0.15) is 0 Å². The summed E-state index contributed by atoms with van der Waals surface area (Å²) in [6, 6.07) is 11.6. The van der Waals surface area contributed by atoms with Gasteiger partial charge in [0.2, 0.25) is 0 Å². The summed E-state index contributed by atoms with van der Waals surface area (Å²) >= 11 is 17.6. The zero-order valence-corrected chi connectivity index (χ0v) is 12.5. The average Bonchev–Trinajstić information content (AvgIpc) is 2.41. The Balaban J connectivity index is 1.94. The number of carbonyl (C=O) groups is 1. The van der Waals surface area contributed by atoms with E-state index in [0.29, 0.717) is 26.5 Å². The second-order valence-electron chi connectivity index (χ2n) is 3.92. The predicted octanol–water partition coefficient (Wildman–Crippen LogP) is 4.66. The summed E-state index contributed by atoms with van der Waals surface area (Å²) in [5.74, 6) is 0.180. The van der Waals surface area contributed by atoms with Gasteiger partial charge in [0.25, 0.3) is 5.91 Å². The van der Waals surface area contributed by atoms with Gasteiger partial charge in [0.15, 0.2) is 6.61 Å². The van der Waals surface area contributed by atoms with E-state index in [2.05, 4.69) is 5.32 Å². The van der Waals surface area contributed by atoms with Crippen LogP contribution in [0.5, 0.6) is 5.75 Å². The summed E-state index contributed by atoms with van der Waals surface area (Å²) in [6.45, 7) is -0.150. The first kappa shape index (κ1) is 15.0. The molecule has 1 amide bonds. The fourth-order valence-corrected chi connectivity index (χ4v) is 2.00. The van der Waals surface area contributed by atoms with Crippen LogP contribution in [-0.2, 0) is 4.79 Å². The molecule has 0 aromatic heterocycles. The fourth-order valence-electron chi connectivity index (χ4n) is 1.49. The van der Waals surface area contributed by atoms with Gasteiger partial charge < -0.3 is 10.1 Å². The Morgan fingerprint density at radius 3 is 2.55 bits per heavy atom. The van der Waals surface area contributed by atoms with E-state index in [1.807, 2.05) is 0 Å². The molecule has 20 heavy (non-hydrogen) atoms. The molecule has 2 aromatic carbocycles. The Morgan fingerprint density at radius 1 is 1.05 bits per heavy atom. The van der Waals surface area contributed by atoms with Crippen molar-refractivity contribution in [2.24, 2.45) is 0 Å². The summed E-state index contributed by atoms with van der Waals surface area (Å²) in [6.07, 6.45) is 0. The van der Waals surface area contributed by atoms with Crippen molar-refractivity contribution in [2.45, 2.75) is 0 Å². The van der Waals surface area contributed by atoms with Crippen molar-refractivity contribution >= 4 is 46.4 Å². The van der Waals surface area contributed by atoms with Crippen molar-refractivity contribution in [2.75, 3.05) is 11.9 Å². The molecular formula is C14H10Cl3NO2. The van der Waals surface area contributed by atoms with Crippen LogP contribution in [0, 0.1) is 0 Å². The highest BCUT2D eigenvalue weighted by Crippen LogP contribution is 2.25. The molecule has 0 aliphatic rings. The molecule has 2 rings (SSSR count). The first-order valence-corrected chi connectivity index (χ1v) is 6.81. The lowest BCUT2D eigenvalue weighted by atomic mass is 10.3. The van der Waals surface area contributed by atoms with E-state index in [9.17, 15) is 4.79 Å². The second-order valence-corrected chi connectivity index (χ2v) is 5.20. The fraction of sp³-hybridized carbons (Fsp3) is 0.0714. The molecule has 0 radical (unpaired) electrons. The monoisotopic (exact) mass is 329 g/mol. The van der Waals surface area contributed by atoms with E-state index in [-0.39, 0.29) is 12.5 Å². The van der Waals surface area contributed by atoms with Crippen LogP contribution in [0.2, 0.25) is 15.1 Å². The van der Waals surface area contributed by atoms with Crippen LogP contribution < -0.4 is 10.1 Å². The summed E-state index contributed by atoms with van der Waals surface area (Å²) in [7, 11) is 0. The number of halogens is 3. The van der Waals surface area contributed by atoms with Crippen LogP contribution in [0.3, 0.4) is 0 Å². The lowest BCUT2D eigenvalue weighted by Gasteiger charge is -2.09. The number of carbonyl (C=O) groups excluding carboxylic acids is 1. The molecule has 0 unspecified atom stereocenters. The van der Waals surface area contributed by atoms with Gasteiger partial charge in [-0.15, -0.1) is 0 Å². The minimum atomic E-state index is -0.339. The van der Waals surface area contributed by atoms with Gasteiger partial charge in [0.05, 0.1) is 10.7 Å². The van der Waals surface area contributed by atoms with Crippen LogP contribution in [0.15, 0.2) is 42.5 Å². The van der Waals surface area contributed by atoms with Crippen molar-refractivity contribution in [3.8, 4) is 5.75 Å². The SMILES string of the molecule is O=C(COc1cccc(Cl)c1)Nc1cc(Cl)ccc1Cl. The highest BCUT2D eigenvalue weighted by Gasteiger charge is 2.07. The molecule has 0 spiro atoms. The number of hydrogen-bond donors (Lipinski definition) is 1. The van der Waals surface area contributed by atoms with Crippen molar-refractivity contribution < 1.29 is 9.53 Å². The van der Waals surface area contributed by atoms with E-state index in [1.54, 1.807) is 42.5 Å². The molecule has 0 bridgehead atoms. The highest BCUT2D eigenvalue weighted by atomic mass is 35.5. The minimum absolute atomic E-state index is 0.150. The Bertz CT molecular complexity index is 632. The lowest BCUT2D eigenvalue weighted by molar-refractivity contribution is -0.118. The van der Waals surface area contributed by atoms with Crippen LogP contribution >= 0.6 is 34.8 Å². The maximum Gasteiger partial charge on any atom is 0.262 e. The number of anilines is 1. The van der Waals surface area contributed by atoms with Gasteiger partial charge in [-0.3, -0.25) is 4.79 Å². The summed E-state index contributed by atoms with van der Waals surface area (Å²) < 4.78 is 5.32. The van der Waals surface area contributed by atoms with Crippen LogP contribution in [0.4, 0.5) is 5.69 Å². The van der Waals surface area contributed by atoms with Crippen LogP contribution in [-0.4, -0.2) is 12.5 Å². The standard InChI is InChI=1S/C14H10Cl3NO2/c15-9-2-1-3-11(6-9)20-8-14(19)18-13-7-10(16)4-5-12(13)17/h1-7H,8H2,(H,18,19). The van der Waals surface area contributed by atoms with Gasteiger partial charge in [0.1, 0.15) is 5.75 Å². The number of nitrogens with one attached hydrogen (secondary N) is 1. The molecule has 3 nitrogen and oxygen atoms in total. The topological polar surface area (TPSA) is 38.3 Å². The van der Waals surface area contributed by atoms with Gasteiger partial charge in [-0.2, -0.15) is 0 Å². The van der Waals surface area contributed by atoms with Crippen molar-refractivity contribution in [1.29, 1.82) is 0 Å². The molecule has 6 heteroatoms. The minimum Gasteiger partial charge on any atom is -0.484 e. The molecule has 0 saturated heterocycles. The smallest absolute Gasteiger partial charge is 0.262 e. The van der Waals surface area contributed by atoms with Gasteiger partial charge in [-0.05, 0) is 36.4 Å². The molecule has 0 atom stereocenters. The Morgan fingerprint density at radius 2 is 1.80 bits per heavy atom. The molecule has 104 valence electrons. The summed E-state index contributed by atoms with van der Waals surface area (Å²) in [5.41, 5.74) is 0.443. The number of hydrogen-bond acceptors (Lipinski definition) is 2. The molecule has 1 N–H and O–H groups in total. The molecule has 0 aliphatic heterocycles. The Hall–Kier alpha value is -1.42. The highest BCUT2D eigenvalue weighted by molar-refractivity contribution is 6.35. The maximum absolute atomic E-state index is 11.8. The molecule has 0 saturated carbocycles. The number of amides is 1. The van der Waals surface area contributed by atoms with E-state index in [0.717, 1.165) is 0 Å². The van der Waals surface area contributed by atoms with Gasteiger partial charge in [-0.1, -0.05) is 40.9 Å². The van der Waals surface area contributed by atoms with Gasteiger partial charge in [0, 0.05) is 10.0 Å². The van der Waals surface area contributed by atoms with E-state index in [1.165, 1.54) is 0 Å². The Kier molecular flexibility index (Phi) is 5.12. The quantitative estimate of drug-likeness (QED) is 0.885. The zero-order chi connectivity index (χ0) is 14.5. The first-order chi connectivity index (χ1) is 9.54. The van der Waals surface area contributed by atoms with E-state index in [4.69, 9.17) is 39.5 Å². The molecule has 2 aromatic rings. The first-order valence-electron chi connectivity index (χ1n) is 5.68. The summed E-state index contributed by atoms with van der Waals surface area (Å²) in [5, 5.41) is 4.06. The predicted molar refractivity (Wildman–Crippen MR) is 82.0 cm³/mol. The maximum atomic E-state index is 11.8. The van der Waals surface area contributed by atoms with E-state index < -0.39 is 0 Å². The average molecular weight is 331 g/mol. The largest absolute Gasteiger partial charge is 0.484 e. The molecule has 0 heterocycles. The van der Waals surface area contributed by atoms with Gasteiger partial charge in [-0.25, -0.2) is 0 Å². The molecule has 0 aliphatic carbocycles. The molecular weight excluding hydrogens is 321 g/mol. The third-order valence-corrected chi connectivity index (χ3v) is 3.17. The molecule has 0 fully saturated rings. The Labute approximate surface area is 131 Å². The third kappa shape index (κ3) is 4.30. The summed E-state index contributed by atoms with van der Waals surface area (Å²) in [4.78, 5) is 11.8. The lowest BCUT2D eigenvalue weighted by Crippen LogP contribution is -2.20. The van der Waals surface area contributed by atoms with Crippen molar-refractivity contribution in [3.05, 3.63) is 57.5 Å². The normalized spacial score (nSPS) is 10.2. The van der Waals surface area contributed by atoms with Crippen LogP contribution in [0.25, 0.3) is 0 Å².